The highest BCUT2D eigenvalue weighted by Crippen LogP contribution is 2.32. The minimum absolute atomic E-state index is 0.198. The molecule has 0 bridgehead atoms. The Kier molecular flexibility index (Phi) is 11.9. The van der Waals surface area contributed by atoms with Crippen LogP contribution in [0.1, 0.15) is 110 Å². The van der Waals surface area contributed by atoms with E-state index in [-0.39, 0.29) is 24.6 Å². The summed E-state index contributed by atoms with van der Waals surface area (Å²) in [6.45, 7) is 10.5. The summed E-state index contributed by atoms with van der Waals surface area (Å²) in [6.07, 6.45) is 10.7. The molecular weight excluding hydrogens is 542 g/mol. The summed E-state index contributed by atoms with van der Waals surface area (Å²) in [5.41, 5.74) is 5.42. The average Bonchev–Trinajstić information content (AvgIpc) is 3.32. The highest BCUT2D eigenvalue weighted by Gasteiger charge is 2.19. The van der Waals surface area contributed by atoms with Gasteiger partial charge in [-0.05, 0) is 56.4 Å². The third kappa shape index (κ3) is 8.53. The van der Waals surface area contributed by atoms with E-state index in [1.807, 2.05) is 6.07 Å². The molecule has 1 aliphatic rings. The molecule has 1 heterocycles. The van der Waals surface area contributed by atoms with Crippen molar-refractivity contribution in [1.82, 2.24) is 4.57 Å². The number of carbonyl (C=O) groups is 2. The number of hydrogen-bond donors (Lipinski definition) is 0. The molecule has 43 heavy (non-hydrogen) atoms. The fourth-order valence-corrected chi connectivity index (χ4v) is 5.52. The van der Waals surface area contributed by atoms with Crippen molar-refractivity contribution in [1.29, 1.82) is 0 Å². The number of nitrogens with zero attached hydrogens (tertiary/aromatic N) is 3. The fourth-order valence-electron chi connectivity index (χ4n) is 5.52. The lowest BCUT2D eigenvalue weighted by Gasteiger charge is -2.22. The first-order chi connectivity index (χ1) is 20.8. The molecule has 8 heteroatoms. The van der Waals surface area contributed by atoms with Crippen LogP contribution in [-0.2, 0) is 30.5 Å². The summed E-state index contributed by atoms with van der Waals surface area (Å²) in [4.78, 5) is 34.3. The van der Waals surface area contributed by atoms with Crippen molar-refractivity contribution >= 4 is 45.2 Å². The zero-order valence-electron chi connectivity index (χ0n) is 26.5. The highest BCUT2D eigenvalue weighted by molar-refractivity contribution is 6.14. The summed E-state index contributed by atoms with van der Waals surface area (Å²) in [5, 5.41) is 10.7. The van der Waals surface area contributed by atoms with Crippen molar-refractivity contribution in [2.75, 3.05) is 6.61 Å². The molecule has 0 atom stereocenters. The molecule has 1 fully saturated rings. The van der Waals surface area contributed by atoms with E-state index >= 15 is 0 Å². The molecule has 2 aromatic carbocycles. The largest absolute Gasteiger partial charge is 0.372 e. The number of oxime groups is 2. The van der Waals surface area contributed by atoms with Crippen molar-refractivity contribution in [3.63, 3.8) is 0 Å². The number of carbonyl (C=O) groups excluding carboxylic acids is 2. The van der Waals surface area contributed by atoms with Gasteiger partial charge in [-0.1, -0.05) is 82.2 Å². The molecule has 0 N–H and O–H groups in total. The van der Waals surface area contributed by atoms with E-state index in [0.717, 1.165) is 83.7 Å². The molecule has 4 rings (SSSR count). The van der Waals surface area contributed by atoms with E-state index < -0.39 is 5.97 Å². The van der Waals surface area contributed by atoms with Crippen LogP contribution in [0.15, 0.2) is 46.7 Å². The maximum Gasteiger partial charge on any atom is 0.337 e. The maximum absolute atomic E-state index is 12.2. The van der Waals surface area contributed by atoms with Crippen LogP contribution in [0.3, 0.4) is 0 Å². The first kappa shape index (κ1) is 32.4. The molecule has 0 radical (unpaired) electrons. The van der Waals surface area contributed by atoms with Crippen molar-refractivity contribution in [2.24, 2.45) is 16.2 Å². The van der Waals surface area contributed by atoms with E-state index in [1.165, 1.54) is 26.2 Å². The number of hydrogen-bond acceptors (Lipinski definition) is 7. The van der Waals surface area contributed by atoms with Crippen LogP contribution in [0.25, 0.3) is 21.8 Å². The Morgan fingerprint density at radius 2 is 1.47 bits per heavy atom. The number of unbranched alkanes of at least 4 members (excludes halogenated alkanes) is 2. The molecule has 1 saturated carbocycles. The molecule has 0 aliphatic heterocycles. The monoisotopic (exact) mass is 589 g/mol. The third-order valence-corrected chi connectivity index (χ3v) is 8.04. The zero-order chi connectivity index (χ0) is 30.8. The fraction of sp³-hybridized carbons (Fsp3) is 0.543. The van der Waals surface area contributed by atoms with Gasteiger partial charge in [-0.2, -0.15) is 0 Å². The normalized spacial score (nSPS) is 15.0. The predicted molar refractivity (Wildman–Crippen MR) is 172 cm³/mol. The second-order valence-corrected chi connectivity index (χ2v) is 11.9. The molecule has 0 spiro atoms. The Morgan fingerprint density at radius 3 is 2.05 bits per heavy atom. The lowest BCUT2D eigenvalue weighted by Crippen LogP contribution is -2.22. The summed E-state index contributed by atoms with van der Waals surface area (Å²) >= 11 is 0. The predicted octanol–water partition coefficient (Wildman–Crippen LogP) is 8.30. The number of aromatic nitrogens is 1. The molecule has 1 aromatic heterocycles. The quantitative estimate of drug-likeness (QED) is 0.107. The van der Waals surface area contributed by atoms with Crippen LogP contribution >= 0.6 is 0 Å². The van der Waals surface area contributed by atoms with Crippen LogP contribution in [0.2, 0.25) is 0 Å². The number of fused-ring (bicyclic) bond motifs is 3. The van der Waals surface area contributed by atoms with Crippen LogP contribution in [-0.4, -0.2) is 40.6 Å². The minimum Gasteiger partial charge on any atom is -0.372 e. The molecule has 8 nitrogen and oxygen atoms in total. The van der Waals surface area contributed by atoms with Gasteiger partial charge in [0.25, 0.3) is 0 Å². The number of ether oxygens (including phenoxy) is 1. The summed E-state index contributed by atoms with van der Waals surface area (Å²) in [6, 6.07) is 12.7. The average molecular weight is 590 g/mol. The Bertz CT molecular complexity index is 1460. The summed E-state index contributed by atoms with van der Waals surface area (Å²) in [5.74, 6) is -1.06. The van der Waals surface area contributed by atoms with Gasteiger partial charge in [-0.3, -0.25) is 0 Å². The molecular formula is C35H47N3O5. The van der Waals surface area contributed by atoms with Gasteiger partial charge in [0.2, 0.25) is 0 Å². The van der Waals surface area contributed by atoms with Crippen LogP contribution in [0.5, 0.6) is 0 Å². The van der Waals surface area contributed by atoms with Crippen molar-refractivity contribution in [3.05, 3.63) is 47.5 Å². The van der Waals surface area contributed by atoms with Crippen LogP contribution < -0.4 is 0 Å². The minimum atomic E-state index is -0.464. The summed E-state index contributed by atoms with van der Waals surface area (Å²) in [7, 11) is 0. The SMILES string of the molecule is CCCC/C(=N\OC(=O)C(C)C)c1ccc2c(c1)c1cc(/C(COC3CCCCC3)=N/OC(C)=O)ccc1n2CCCC. The van der Waals surface area contributed by atoms with Crippen molar-refractivity contribution in [3.8, 4) is 0 Å². The van der Waals surface area contributed by atoms with E-state index in [1.54, 1.807) is 13.8 Å². The molecule has 3 aromatic rings. The van der Waals surface area contributed by atoms with E-state index in [9.17, 15) is 9.59 Å². The Balaban J connectivity index is 1.79. The zero-order valence-corrected chi connectivity index (χ0v) is 26.5. The van der Waals surface area contributed by atoms with Gasteiger partial charge in [-0.25, -0.2) is 9.59 Å². The Hall–Kier alpha value is -3.52. The van der Waals surface area contributed by atoms with E-state index in [0.29, 0.717) is 12.1 Å². The van der Waals surface area contributed by atoms with Gasteiger partial charge >= 0.3 is 11.9 Å². The topological polar surface area (TPSA) is 91.5 Å². The second kappa shape index (κ2) is 15.8. The lowest BCUT2D eigenvalue weighted by molar-refractivity contribution is -0.147. The third-order valence-electron chi connectivity index (χ3n) is 8.04. The molecule has 0 amide bonds. The summed E-state index contributed by atoms with van der Waals surface area (Å²) < 4.78 is 8.62. The smallest absolute Gasteiger partial charge is 0.337 e. The lowest BCUT2D eigenvalue weighted by atomic mass is 9.98. The molecule has 1 aliphatic carbocycles. The first-order valence-corrected chi connectivity index (χ1v) is 16.0. The second-order valence-electron chi connectivity index (χ2n) is 11.9. The van der Waals surface area contributed by atoms with Gasteiger partial charge in [0.1, 0.15) is 5.71 Å². The van der Waals surface area contributed by atoms with Gasteiger partial charge in [0, 0.05) is 46.4 Å². The van der Waals surface area contributed by atoms with Crippen molar-refractivity contribution in [2.45, 2.75) is 111 Å². The number of aryl methyl sites for hydroxylation is 1. The first-order valence-electron chi connectivity index (χ1n) is 16.0. The van der Waals surface area contributed by atoms with E-state index in [4.69, 9.17) is 14.4 Å². The van der Waals surface area contributed by atoms with Crippen molar-refractivity contribution < 1.29 is 24.0 Å². The van der Waals surface area contributed by atoms with Crippen LogP contribution in [0.4, 0.5) is 0 Å². The Labute approximate surface area is 255 Å². The maximum atomic E-state index is 12.2. The highest BCUT2D eigenvalue weighted by atomic mass is 16.7. The molecule has 0 saturated heterocycles. The van der Waals surface area contributed by atoms with Gasteiger partial charge in [-0.15, -0.1) is 0 Å². The standard InChI is InChI=1S/C35H47N3O5/c1-6-8-15-31(36-43-35(40)24(3)4)26-16-18-33-29(21-26)30-22-27(17-19-34(30)38(33)20-9-7-2)32(37-42-25(5)39)23-41-28-13-11-10-12-14-28/h16-19,21-22,24,28H,6-15,20,23H2,1-5H3/b36-31+,37-32+. The van der Waals surface area contributed by atoms with E-state index in [2.05, 4.69) is 59.1 Å². The van der Waals surface area contributed by atoms with Gasteiger partial charge in [0.15, 0.2) is 0 Å². The van der Waals surface area contributed by atoms with Gasteiger partial charge in [0.05, 0.1) is 24.3 Å². The Morgan fingerprint density at radius 1 is 0.860 bits per heavy atom. The molecule has 0 unspecified atom stereocenters. The number of benzene rings is 2. The number of rotatable bonds is 14. The van der Waals surface area contributed by atoms with Crippen LogP contribution in [0, 0.1) is 5.92 Å². The molecule has 232 valence electrons. The van der Waals surface area contributed by atoms with Gasteiger partial charge < -0.3 is 19.0 Å².